The zero-order valence-corrected chi connectivity index (χ0v) is 10.8. The molecule has 0 aliphatic carbocycles. The lowest BCUT2D eigenvalue weighted by Crippen LogP contribution is -2.06. The maximum Gasteiger partial charge on any atom is 0.126 e. The number of nitrogens with two attached hydrogens (primary N) is 1. The van der Waals surface area contributed by atoms with Crippen molar-refractivity contribution in [2.24, 2.45) is 0 Å². The number of aromatic nitrogens is 3. The maximum atomic E-state index is 5.72. The summed E-state index contributed by atoms with van der Waals surface area (Å²) >= 11 is 0. The molecule has 2 aromatic rings. The lowest BCUT2D eigenvalue weighted by Gasteiger charge is -2.07. The molecule has 18 heavy (non-hydrogen) atoms. The van der Waals surface area contributed by atoms with Gasteiger partial charge in [-0.15, -0.1) is 0 Å². The van der Waals surface area contributed by atoms with Crippen molar-refractivity contribution < 1.29 is 0 Å². The van der Waals surface area contributed by atoms with Gasteiger partial charge in [-0.1, -0.05) is 0 Å². The van der Waals surface area contributed by atoms with Crippen molar-refractivity contribution in [3.8, 4) is 0 Å². The van der Waals surface area contributed by atoms with E-state index in [1.54, 1.807) is 0 Å². The normalized spacial score (nSPS) is 10.6. The number of hydrogen-bond donors (Lipinski definition) is 3. The highest BCUT2D eigenvalue weighted by atomic mass is 15.1. The van der Waals surface area contributed by atoms with Crippen LogP contribution in [0, 0.1) is 13.8 Å². The van der Waals surface area contributed by atoms with E-state index < -0.39 is 0 Å². The first-order valence-corrected chi connectivity index (χ1v) is 6.12. The summed E-state index contributed by atoms with van der Waals surface area (Å²) in [6.07, 6.45) is 3.95. The van der Waals surface area contributed by atoms with Gasteiger partial charge >= 0.3 is 0 Å². The van der Waals surface area contributed by atoms with Crippen molar-refractivity contribution in [3.05, 3.63) is 35.3 Å². The lowest BCUT2D eigenvalue weighted by atomic mass is 10.1. The third-order valence-electron chi connectivity index (χ3n) is 2.99. The quantitative estimate of drug-likeness (QED) is 0.704. The third-order valence-corrected chi connectivity index (χ3v) is 2.99. The molecular formula is C13H19N5. The monoisotopic (exact) mass is 245 g/mol. The Morgan fingerprint density at radius 1 is 1.33 bits per heavy atom. The molecule has 0 unspecified atom stereocenters. The minimum Gasteiger partial charge on any atom is -0.397 e. The molecule has 2 rings (SSSR count). The van der Waals surface area contributed by atoms with Gasteiger partial charge in [-0.3, -0.25) is 5.10 Å². The van der Waals surface area contributed by atoms with Crippen LogP contribution in [0.1, 0.15) is 23.4 Å². The summed E-state index contributed by atoms with van der Waals surface area (Å²) in [5.74, 6) is 0.880. The van der Waals surface area contributed by atoms with Crippen molar-refractivity contribution in [1.82, 2.24) is 15.2 Å². The number of anilines is 2. The molecule has 0 atom stereocenters. The van der Waals surface area contributed by atoms with Gasteiger partial charge in [0.2, 0.25) is 0 Å². The van der Waals surface area contributed by atoms with Crippen LogP contribution in [0.3, 0.4) is 0 Å². The molecular weight excluding hydrogens is 226 g/mol. The van der Waals surface area contributed by atoms with Crippen LogP contribution in [-0.2, 0) is 6.42 Å². The summed E-state index contributed by atoms with van der Waals surface area (Å²) in [5, 5.41) is 10.2. The lowest BCUT2D eigenvalue weighted by molar-refractivity contribution is 0.853. The van der Waals surface area contributed by atoms with E-state index in [1.165, 1.54) is 5.56 Å². The predicted octanol–water partition coefficient (Wildman–Crippen LogP) is 2.05. The molecule has 0 bridgehead atoms. The highest BCUT2D eigenvalue weighted by molar-refractivity contribution is 5.48. The number of pyridine rings is 1. The predicted molar refractivity (Wildman–Crippen MR) is 73.5 cm³/mol. The Kier molecular flexibility index (Phi) is 3.82. The van der Waals surface area contributed by atoms with Crippen molar-refractivity contribution in [2.75, 3.05) is 17.6 Å². The molecule has 0 saturated heterocycles. The van der Waals surface area contributed by atoms with Gasteiger partial charge in [0.05, 0.1) is 17.6 Å². The highest BCUT2D eigenvalue weighted by Crippen LogP contribution is 2.12. The zero-order valence-electron chi connectivity index (χ0n) is 10.8. The molecule has 2 heterocycles. The number of nitrogen functional groups attached to an aromatic ring is 1. The summed E-state index contributed by atoms with van der Waals surface area (Å²) in [7, 11) is 0. The first-order chi connectivity index (χ1) is 8.66. The molecule has 0 aliphatic rings. The Bertz CT molecular complexity index is 518. The molecule has 0 fully saturated rings. The molecule has 96 valence electrons. The van der Waals surface area contributed by atoms with Crippen LogP contribution in [-0.4, -0.2) is 21.7 Å². The van der Waals surface area contributed by atoms with E-state index in [-0.39, 0.29) is 0 Å². The van der Waals surface area contributed by atoms with E-state index >= 15 is 0 Å². The number of rotatable bonds is 5. The van der Waals surface area contributed by atoms with E-state index in [1.807, 2.05) is 32.2 Å². The number of nitrogens with zero attached hydrogens (tertiary/aromatic N) is 2. The fourth-order valence-corrected chi connectivity index (χ4v) is 1.79. The minimum absolute atomic E-state index is 0.731. The van der Waals surface area contributed by atoms with Crippen LogP contribution in [0.25, 0.3) is 0 Å². The van der Waals surface area contributed by atoms with Crippen LogP contribution in [0.4, 0.5) is 11.5 Å². The average molecular weight is 245 g/mol. The van der Waals surface area contributed by atoms with Crippen LogP contribution in [0.15, 0.2) is 18.3 Å². The minimum atomic E-state index is 0.731. The van der Waals surface area contributed by atoms with Gasteiger partial charge in [-0.25, -0.2) is 4.98 Å². The second kappa shape index (κ2) is 5.53. The van der Waals surface area contributed by atoms with Crippen molar-refractivity contribution in [2.45, 2.75) is 26.7 Å². The first-order valence-electron chi connectivity index (χ1n) is 6.12. The third kappa shape index (κ3) is 3.00. The van der Waals surface area contributed by atoms with Gasteiger partial charge in [-0.05, 0) is 44.4 Å². The Hall–Kier alpha value is -2.04. The Labute approximate surface area is 107 Å². The van der Waals surface area contributed by atoms with Crippen LogP contribution in [0.2, 0.25) is 0 Å². The number of nitrogens with one attached hydrogen (secondary N) is 2. The molecule has 0 aromatic carbocycles. The van der Waals surface area contributed by atoms with Gasteiger partial charge in [0.25, 0.3) is 0 Å². The Morgan fingerprint density at radius 2 is 2.17 bits per heavy atom. The molecule has 0 spiro atoms. The summed E-state index contributed by atoms with van der Waals surface area (Å²) in [6, 6.07) is 3.79. The molecule has 0 saturated carbocycles. The largest absolute Gasteiger partial charge is 0.397 e. The molecule has 5 nitrogen and oxygen atoms in total. The van der Waals surface area contributed by atoms with Crippen molar-refractivity contribution in [3.63, 3.8) is 0 Å². The van der Waals surface area contributed by atoms with E-state index in [0.29, 0.717) is 0 Å². The fourth-order valence-electron chi connectivity index (χ4n) is 1.79. The fraction of sp³-hybridized carbons (Fsp3) is 0.385. The molecule has 0 amide bonds. The highest BCUT2D eigenvalue weighted by Gasteiger charge is 2.01. The van der Waals surface area contributed by atoms with Gasteiger partial charge in [-0.2, -0.15) is 5.10 Å². The van der Waals surface area contributed by atoms with Gasteiger partial charge in [0, 0.05) is 12.2 Å². The summed E-state index contributed by atoms with van der Waals surface area (Å²) in [5.41, 5.74) is 9.75. The molecule has 2 aromatic heterocycles. The van der Waals surface area contributed by atoms with E-state index in [0.717, 1.165) is 42.3 Å². The van der Waals surface area contributed by atoms with Crippen LogP contribution in [0.5, 0.6) is 0 Å². The molecule has 0 aliphatic heterocycles. The van der Waals surface area contributed by atoms with E-state index in [2.05, 4.69) is 20.5 Å². The number of aromatic amines is 1. The summed E-state index contributed by atoms with van der Waals surface area (Å²) in [6.45, 7) is 4.84. The number of H-pyrrole nitrogens is 1. The van der Waals surface area contributed by atoms with E-state index in [9.17, 15) is 0 Å². The Balaban J connectivity index is 1.78. The van der Waals surface area contributed by atoms with Gasteiger partial charge in [0.1, 0.15) is 5.82 Å². The molecule has 5 heteroatoms. The maximum absolute atomic E-state index is 5.72. The van der Waals surface area contributed by atoms with Crippen LogP contribution >= 0.6 is 0 Å². The second-order valence-electron chi connectivity index (χ2n) is 4.42. The molecule has 0 radical (unpaired) electrons. The standard InChI is InChI=1S/C13H19N5/c1-9-11(8-16-18-9)4-3-7-15-13-6-5-12(14)10(2)17-13/h5-6,8H,3-4,7,14H2,1-2H3,(H,15,17)(H,16,18). The summed E-state index contributed by atoms with van der Waals surface area (Å²) < 4.78 is 0. The van der Waals surface area contributed by atoms with Crippen molar-refractivity contribution in [1.29, 1.82) is 0 Å². The smallest absolute Gasteiger partial charge is 0.126 e. The SMILES string of the molecule is Cc1nc(NCCCc2cn[nH]c2C)ccc1N. The first kappa shape index (κ1) is 12.4. The number of aryl methyl sites for hydroxylation is 3. The van der Waals surface area contributed by atoms with E-state index in [4.69, 9.17) is 5.73 Å². The summed E-state index contributed by atoms with van der Waals surface area (Å²) in [4.78, 5) is 4.37. The second-order valence-corrected chi connectivity index (χ2v) is 4.42. The zero-order chi connectivity index (χ0) is 13.0. The van der Waals surface area contributed by atoms with Crippen LogP contribution < -0.4 is 11.1 Å². The molecule has 4 N–H and O–H groups in total. The van der Waals surface area contributed by atoms with Crippen molar-refractivity contribution >= 4 is 11.5 Å². The Morgan fingerprint density at radius 3 is 2.83 bits per heavy atom. The van der Waals surface area contributed by atoms with Gasteiger partial charge in [0.15, 0.2) is 0 Å². The van der Waals surface area contributed by atoms with Gasteiger partial charge < -0.3 is 11.1 Å². The topological polar surface area (TPSA) is 79.6 Å². The number of hydrogen-bond acceptors (Lipinski definition) is 4. The average Bonchev–Trinajstić information content (AvgIpc) is 2.75.